The second-order valence-electron chi connectivity index (χ2n) is 7.33. The molecule has 0 fully saturated rings. The van der Waals surface area contributed by atoms with Crippen LogP contribution in [0.25, 0.3) is 0 Å². The number of rotatable bonds is 6. The summed E-state index contributed by atoms with van der Waals surface area (Å²) < 4.78 is 5.89. The van der Waals surface area contributed by atoms with E-state index < -0.39 is 0 Å². The second kappa shape index (κ2) is 6.35. The fraction of sp³-hybridized carbons (Fsp3) is 0.824. The SMILES string of the molecule is CCCNC1CC(C)(C)Cc2nc(C(C)(C)OCC)sc21. The largest absolute Gasteiger partial charge is 0.369 e. The average Bonchev–Trinajstić information content (AvgIpc) is 2.79. The highest BCUT2D eigenvalue weighted by Gasteiger charge is 2.37. The van der Waals surface area contributed by atoms with Gasteiger partial charge in [-0.3, -0.25) is 0 Å². The van der Waals surface area contributed by atoms with Gasteiger partial charge in [-0.05, 0) is 52.0 Å². The molecule has 1 aliphatic rings. The molecule has 21 heavy (non-hydrogen) atoms. The number of nitrogens with one attached hydrogen (secondary N) is 1. The van der Waals surface area contributed by atoms with Crippen molar-refractivity contribution in [2.24, 2.45) is 5.41 Å². The first kappa shape index (κ1) is 16.9. The van der Waals surface area contributed by atoms with Crippen LogP contribution in [0.15, 0.2) is 0 Å². The Morgan fingerprint density at radius 2 is 2.10 bits per heavy atom. The fourth-order valence-electron chi connectivity index (χ4n) is 3.10. The summed E-state index contributed by atoms with van der Waals surface area (Å²) >= 11 is 1.84. The fourth-order valence-corrected chi connectivity index (χ4v) is 4.31. The third-order valence-corrected chi connectivity index (χ3v) is 5.62. The summed E-state index contributed by atoms with van der Waals surface area (Å²) in [6.07, 6.45) is 3.43. The van der Waals surface area contributed by atoms with Crippen molar-refractivity contribution in [1.82, 2.24) is 10.3 Å². The van der Waals surface area contributed by atoms with Gasteiger partial charge in [-0.15, -0.1) is 11.3 Å². The van der Waals surface area contributed by atoms with Crippen molar-refractivity contribution >= 4 is 11.3 Å². The van der Waals surface area contributed by atoms with Gasteiger partial charge in [0.05, 0.1) is 5.69 Å². The molecule has 1 aliphatic carbocycles. The average molecular weight is 311 g/mol. The van der Waals surface area contributed by atoms with Crippen molar-refractivity contribution in [3.8, 4) is 0 Å². The number of ether oxygens (including phenoxy) is 1. The van der Waals surface area contributed by atoms with Gasteiger partial charge in [0, 0.05) is 17.5 Å². The Hall–Kier alpha value is -0.450. The summed E-state index contributed by atoms with van der Waals surface area (Å²) in [4.78, 5) is 6.38. The molecule has 3 nitrogen and oxygen atoms in total. The van der Waals surface area contributed by atoms with Gasteiger partial charge in [-0.2, -0.15) is 0 Å². The van der Waals surface area contributed by atoms with Gasteiger partial charge in [0.2, 0.25) is 0 Å². The van der Waals surface area contributed by atoms with Crippen LogP contribution >= 0.6 is 11.3 Å². The lowest BCUT2D eigenvalue weighted by Gasteiger charge is -2.34. The van der Waals surface area contributed by atoms with E-state index in [0.717, 1.165) is 24.6 Å². The summed E-state index contributed by atoms with van der Waals surface area (Å²) in [6.45, 7) is 15.0. The zero-order chi connectivity index (χ0) is 15.7. The molecular formula is C17H30N2OS. The first-order valence-electron chi connectivity index (χ1n) is 8.16. The molecule has 1 atom stereocenters. The normalized spacial score (nSPS) is 21.3. The number of hydrogen-bond acceptors (Lipinski definition) is 4. The highest BCUT2D eigenvalue weighted by atomic mass is 32.1. The van der Waals surface area contributed by atoms with Crippen molar-refractivity contribution in [1.29, 1.82) is 0 Å². The zero-order valence-corrected chi connectivity index (χ0v) is 15.2. The predicted octanol–water partition coefficient (Wildman–Crippen LogP) is 4.43. The lowest BCUT2D eigenvalue weighted by atomic mass is 9.76. The van der Waals surface area contributed by atoms with E-state index in [4.69, 9.17) is 9.72 Å². The van der Waals surface area contributed by atoms with E-state index in [9.17, 15) is 0 Å². The van der Waals surface area contributed by atoms with Crippen molar-refractivity contribution in [2.45, 2.75) is 72.4 Å². The van der Waals surface area contributed by atoms with Crippen LogP contribution in [-0.4, -0.2) is 18.1 Å². The van der Waals surface area contributed by atoms with Gasteiger partial charge in [0.25, 0.3) is 0 Å². The smallest absolute Gasteiger partial charge is 0.125 e. The Kier molecular flexibility index (Phi) is 5.11. The lowest BCUT2D eigenvalue weighted by Crippen LogP contribution is -2.33. The molecule has 1 unspecified atom stereocenters. The van der Waals surface area contributed by atoms with Crippen molar-refractivity contribution in [3.63, 3.8) is 0 Å². The summed E-state index contributed by atoms with van der Waals surface area (Å²) in [5.74, 6) is 0. The first-order valence-corrected chi connectivity index (χ1v) is 8.98. The summed E-state index contributed by atoms with van der Waals surface area (Å²) in [5, 5.41) is 4.83. The standard InChI is InChI=1S/C17H30N2OS/c1-7-9-18-12-10-16(3,4)11-13-14(12)21-15(19-13)17(5,6)20-8-2/h12,18H,7-11H2,1-6H3. The van der Waals surface area contributed by atoms with Gasteiger partial charge in [0.15, 0.2) is 0 Å². The third kappa shape index (κ3) is 3.85. The van der Waals surface area contributed by atoms with Gasteiger partial charge < -0.3 is 10.1 Å². The molecule has 1 aromatic heterocycles. The summed E-state index contributed by atoms with van der Waals surface area (Å²) in [6, 6.07) is 0.451. The van der Waals surface area contributed by atoms with Gasteiger partial charge in [0.1, 0.15) is 10.6 Å². The first-order chi connectivity index (χ1) is 9.79. The zero-order valence-electron chi connectivity index (χ0n) is 14.4. The van der Waals surface area contributed by atoms with E-state index >= 15 is 0 Å². The van der Waals surface area contributed by atoms with Crippen LogP contribution in [0.3, 0.4) is 0 Å². The third-order valence-electron chi connectivity index (χ3n) is 4.11. The quantitative estimate of drug-likeness (QED) is 0.844. The van der Waals surface area contributed by atoms with Crippen molar-refractivity contribution in [2.75, 3.05) is 13.2 Å². The minimum atomic E-state index is -0.282. The maximum atomic E-state index is 5.89. The van der Waals surface area contributed by atoms with Crippen LogP contribution in [0.4, 0.5) is 0 Å². The summed E-state index contributed by atoms with van der Waals surface area (Å²) in [5.41, 5.74) is 1.32. The summed E-state index contributed by atoms with van der Waals surface area (Å²) in [7, 11) is 0. The Morgan fingerprint density at radius 1 is 1.38 bits per heavy atom. The number of thiazole rings is 1. The van der Waals surface area contributed by atoms with Crippen LogP contribution in [0, 0.1) is 5.41 Å². The molecule has 0 amide bonds. The van der Waals surface area contributed by atoms with Crippen LogP contribution in [-0.2, 0) is 16.8 Å². The molecule has 2 rings (SSSR count). The highest BCUT2D eigenvalue weighted by molar-refractivity contribution is 7.12. The molecule has 4 heteroatoms. The number of aromatic nitrogens is 1. The van der Waals surface area contributed by atoms with E-state index in [2.05, 4.69) is 39.9 Å². The van der Waals surface area contributed by atoms with E-state index in [1.54, 1.807) is 0 Å². The molecule has 120 valence electrons. The van der Waals surface area contributed by atoms with Crippen LogP contribution in [0.2, 0.25) is 0 Å². The van der Waals surface area contributed by atoms with E-state index in [0.29, 0.717) is 11.5 Å². The number of nitrogens with zero attached hydrogens (tertiary/aromatic N) is 1. The van der Waals surface area contributed by atoms with E-state index in [1.807, 2.05) is 18.3 Å². The topological polar surface area (TPSA) is 34.2 Å². The molecule has 0 spiro atoms. The van der Waals surface area contributed by atoms with Gasteiger partial charge in [-0.25, -0.2) is 4.98 Å². The monoisotopic (exact) mass is 310 g/mol. The van der Waals surface area contributed by atoms with E-state index in [-0.39, 0.29) is 5.60 Å². The molecule has 0 bridgehead atoms. The maximum Gasteiger partial charge on any atom is 0.125 e. The van der Waals surface area contributed by atoms with Crippen molar-refractivity contribution < 1.29 is 4.74 Å². The molecule has 0 aliphatic heterocycles. The molecule has 1 aromatic rings. The van der Waals surface area contributed by atoms with Gasteiger partial charge in [-0.1, -0.05) is 20.8 Å². The predicted molar refractivity (Wildman–Crippen MR) is 89.9 cm³/mol. The minimum absolute atomic E-state index is 0.282. The maximum absolute atomic E-state index is 5.89. The number of hydrogen-bond donors (Lipinski definition) is 1. The second-order valence-corrected chi connectivity index (χ2v) is 8.36. The molecule has 1 N–H and O–H groups in total. The van der Waals surface area contributed by atoms with E-state index in [1.165, 1.54) is 23.4 Å². The highest BCUT2D eigenvalue weighted by Crippen LogP contribution is 2.45. The van der Waals surface area contributed by atoms with Crippen LogP contribution in [0.5, 0.6) is 0 Å². The molecule has 0 aromatic carbocycles. The Balaban J connectivity index is 2.31. The lowest BCUT2D eigenvalue weighted by molar-refractivity contribution is -0.0143. The molecular weight excluding hydrogens is 280 g/mol. The minimum Gasteiger partial charge on any atom is -0.369 e. The van der Waals surface area contributed by atoms with Crippen molar-refractivity contribution in [3.05, 3.63) is 15.6 Å². The Bertz CT molecular complexity index is 479. The molecule has 1 heterocycles. The Morgan fingerprint density at radius 3 is 2.71 bits per heavy atom. The van der Waals surface area contributed by atoms with Gasteiger partial charge >= 0.3 is 0 Å². The van der Waals surface area contributed by atoms with Crippen LogP contribution in [0.1, 0.15) is 76.0 Å². The Labute approximate surface area is 133 Å². The number of fused-ring (bicyclic) bond motifs is 1. The molecule has 0 saturated heterocycles. The van der Waals surface area contributed by atoms with Crippen LogP contribution < -0.4 is 5.32 Å². The molecule has 0 radical (unpaired) electrons. The molecule has 0 saturated carbocycles.